The molecule has 0 atom stereocenters. The third-order valence-electron chi connectivity index (χ3n) is 4.03. The van der Waals surface area contributed by atoms with Crippen molar-refractivity contribution in [2.45, 2.75) is 45.8 Å². The summed E-state index contributed by atoms with van der Waals surface area (Å²) in [5, 5.41) is 9.74. The van der Waals surface area contributed by atoms with Gasteiger partial charge in [-0.15, -0.1) is 0 Å². The van der Waals surface area contributed by atoms with Crippen LogP contribution in [0.5, 0.6) is 0 Å². The maximum atomic E-state index is 12.9. The highest BCUT2D eigenvalue weighted by atomic mass is 19.4. The number of nitrogens with zero attached hydrogens (tertiary/aromatic N) is 4. The van der Waals surface area contributed by atoms with Crippen molar-refractivity contribution in [2.24, 2.45) is 0 Å². The van der Waals surface area contributed by atoms with Crippen LogP contribution < -0.4 is 10.6 Å². The lowest BCUT2D eigenvalue weighted by Crippen LogP contribution is -2.27. The molecule has 0 aliphatic carbocycles. The Labute approximate surface area is 138 Å². The van der Waals surface area contributed by atoms with Gasteiger partial charge in [0.1, 0.15) is 11.4 Å². The van der Waals surface area contributed by atoms with Gasteiger partial charge in [0.2, 0.25) is 5.95 Å². The van der Waals surface area contributed by atoms with E-state index in [0.717, 1.165) is 18.3 Å². The molecule has 0 fully saturated rings. The maximum Gasteiger partial charge on any atom is 0.421 e. The van der Waals surface area contributed by atoms with Crippen LogP contribution in [0.3, 0.4) is 0 Å². The molecule has 0 aromatic carbocycles. The summed E-state index contributed by atoms with van der Waals surface area (Å²) in [6, 6.07) is 0. The number of hydrogen-bond donors (Lipinski definition) is 2. The first-order chi connectivity index (χ1) is 11.1. The molecule has 2 rings (SSSR count). The van der Waals surface area contributed by atoms with Gasteiger partial charge in [0, 0.05) is 13.2 Å². The van der Waals surface area contributed by atoms with E-state index in [-0.39, 0.29) is 17.3 Å². The van der Waals surface area contributed by atoms with E-state index in [1.54, 1.807) is 6.20 Å². The first-order valence-corrected chi connectivity index (χ1v) is 7.54. The van der Waals surface area contributed by atoms with E-state index >= 15 is 0 Å². The van der Waals surface area contributed by atoms with Crippen molar-refractivity contribution in [3.63, 3.8) is 0 Å². The molecule has 2 aromatic rings. The number of aromatic nitrogens is 4. The van der Waals surface area contributed by atoms with Gasteiger partial charge in [-0.05, 0) is 27.2 Å². The minimum atomic E-state index is -4.51. The zero-order valence-corrected chi connectivity index (χ0v) is 14.3. The van der Waals surface area contributed by atoms with Crippen molar-refractivity contribution < 1.29 is 13.2 Å². The summed E-state index contributed by atoms with van der Waals surface area (Å²) < 4.78 is 40.5. The summed E-state index contributed by atoms with van der Waals surface area (Å²) in [5.74, 6) is -0.205. The van der Waals surface area contributed by atoms with Crippen molar-refractivity contribution in [2.75, 3.05) is 17.7 Å². The SMILES string of the molecule is CCC(C)(C)n1ncc(Nc2ncc(C(F)(F)F)c(NC)n2)c1C. The van der Waals surface area contributed by atoms with E-state index < -0.39 is 11.7 Å². The molecule has 0 bridgehead atoms. The number of alkyl halides is 3. The van der Waals surface area contributed by atoms with Gasteiger partial charge in [0.25, 0.3) is 0 Å². The van der Waals surface area contributed by atoms with Gasteiger partial charge >= 0.3 is 6.18 Å². The molecule has 0 spiro atoms. The number of halogens is 3. The quantitative estimate of drug-likeness (QED) is 0.862. The monoisotopic (exact) mass is 342 g/mol. The van der Waals surface area contributed by atoms with Crippen LogP contribution in [0.2, 0.25) is 0 Å². The van der Waals surface area contributed by atoms with Crippen LogP contribution in [0.25, 0.3) is 0 Å². The normalized spacial score (nSPS) is 12.3. The Morgan fingerprint density at radius 2 is 1.88 bits per heavy atom. The summed E-state index contributed by atoms with van der Waals surface area (Å²) in [7, 11) is 1.38. The van der Waals surface area contributed by atoms with Crippen LogP contribution in [0.1, 0.15) is 38.4 Å². The fourth-order valence-electron chi connectivity index (χ4n) is 2.25. The first-order valence-electron chi connectivity index (χ1n) is 7.54. The molecule has 2 N–H and O–H groups in total. The first kappa shape index (κ1) is 18.0. The zero-order valence-electron chi connectivity index (χ0n) is 14.3. The molecule has 0 saturated heterocycles. The van der Waals surface area contributed by atoms with Gasteiger partial charge < -0.3 is 10.6 Å². The lowest BCUT2D eigenvalue weighted by Gasteiger charge is -2.25. The predicted molar refractivity (Wildman–Crippen MR) is 86.4 cm³/mol. The van der Waals surface area contributed by atoms with Gasteiger partial charge in [-0.1, -0.05) is 6.92 Å². The summed E-state index contributed by atoms with van der Waals surface area (Å²) in [6.07, 6.45) is -1.25. The third kappa shape index (κ3) is 3.44. The van der Waals surface area contributed by atoms with E-state index in [4.69, 9.17) is 0 Å². The van der Waals surface area contributed by atoms with Crippen LogP contribution in [-0.2, 0) is 11.7 Å². The fourth-order valence-corrected chi connectivity index (χ4v) is 2.25. The maximum absolute atomic E-state index is 12.9. The molecule has 0 radical (unpaired) electrons. The van der Waals surface area contributed by atoms with Crippen molar-refractivity contribution in [3.8, 4) is 0 Å². The Morgan fingerprint density at radius 1 is 1.21 bits per heavy atom. The number of anilines is 3. The van der Waals surface area contributed by atoms with E-state index in [1.165, 1.54) is 7.05 Å². The van der Waals surface area contributed by atoms with E-state index in [9.17, 15) is 13.2 Å². The molecule has 2 heterocycles. The molecule has 0 saturated carbocycles. The van der Waals surface area contributed by atoms with Crippen molar-refractivity contribution >= 4 is 17.5 Å². The Hall–Kier alpha value is -2.32. The highest BCUT2D eigenvalue weighted by Crippen LogP contribution is 2.34. The molecule has 0 aliphatic heterocycles. The molecule has 0 unspecified atom stereocenters. The standard InChI is InChI=1S/C15H21F3N6/c1-6-14(3,4)24-9(2)11(8-21-24)22-13-20-7-10(15(16,17)18)12(19-5)23-13/h7-8H,6H2,1-5H3,(H2,19,20,22,23). The van der Waals surface area contributed by atoms with Gasteiger partial charge in [-0.3, -0.25) is 4.68 Å². The third-order valence-corrected chi connectivity index (χ3v) is 4.03. The van der Waals surface area contributed by atoms with Crippen molar-refractivity contribution in [1.29, 1.82) is 0 Å². The van der Waals surface area contributed by atoms with Crippen molar-refractivity contribution in [1.82, 2.24) is 19.7 Å². The number of hydrogen-bond acceptors (Lipinski definition) is 5. The second kappa shape index (κ2) is 6.29. The van der Waals surface area contributed by atoms with Gasteiger partial charge in [0.05, 0.1) is 23.1 Å². The second-order valence-electron chi connectivity index (χ2n) is 6.05. The lowest BCUT2D eigenvalue weighted by atomic mass is 10.0. The van der Waals surface area contributed by atoms with Crippen LogP contribution >= 0.6 is 0 Å². The topological polar surface area (TPSA) is 67.7 Å². The second-order valence-corrected chi connectivity index (χ2v) is 6.05. The molecule has 9 heteroatoms. The Balaban J connectivity index is 2.33. The Morgan fingerprint density at radius 3 is 2.42 bits per heavy atom. The molecule has 24 heavy (non-hydrogen) atoms. The Kier molecular flexibility index (Phi) is 4.73. The van der Waals surface area contributed by atoms with Gasteiger partial charge in [-0.2, -0.15) is 23.3 Å². The number of rotatable bonds is 5. The van der Waals surface area contributed by atoms with Crippen molar-refractivity contribution in [3.05, 3.63) is 23.7 Å². The summed E-state index contributed by atoms with van der Waals surface area (Å²) in [5.41, 5.74) is 0.436. The molecular formula is C15H21F3N6. The van der Waals surface area contributed by atoms with E-state index in [2.05, 4.69) is 46.5 Å². The molecule has 0 aliphatic rings. The summed E-state index contributed by atoms with van der Waals surface area (Å²) in [4.78, 5) is 7.66. The lowest BCUT2D eigenvalue weighted by molar-refractivity contribution is -0.137. The molecular weight excluding hydrogens is 321 g/mol. The average Bonchev–Trinajstić information content (AvgIpc) is 2.87. The molecule has 6 nitrogen and oxygen atoms in total. The van der Waals surface area contributed by atoms with E-state index in [1.807, 2.05) is 11.6 Å². The molecule has 132 valence electrons. The highest BCUT2D eigenvalue weighted by molar-refractivity contribution is 5.58. The minimum Gasteiger partial charge on any atom is -0.372 e. The van der Waals surface area contributed by atoms with Crippen LogP contribution in [0.4, 0.5) is 30.6 Å². The highest BCUT2D eigenvalue weighted by Gasteiger charge is 2.35. The molecule has 2 aromatic heterocycles. The molecule has 0 amide bonds. The minimum absolute atomic E-state index is 0.0734. The predicted octanol–water partition coefficient (Wildman–Crippen LogP) is 3.93. The van der Waals surface area contributed by atoms with Crippen LogP contribution in [0, 0.1) is 6.92 Å². The summed E-state index contributed by atoms with van der Waals surface area (Å²) >= 11 is 0. The Bertz CT molecular complexity index is 720. The average molecular weight is 342 g/mol. The van der Waals surface area contributed by atoms with Crippen LogP contribution in [-0.4, -0.2) is 26.8 Å². The van der Waals surface area contributed by atoms with Crippen LogP contribution in [0.15, 0.2) is 12.4 Å². The van der Waals surface area contributed by atoms with E-state index in [0.29, 0.717) is 5.69 Å². The zero-order chi connectivity index (χ0) is 18.1. The fraction of sp³-hybridized carbons (Fsp3) is 0.533. The largest absolute Gasteiger partial charge is 0.421 e. The van der Waals surface area contributed by atoms with Gasteiger partial charge in [0.15, 0.2) is 0 Å². The van der Waals surface area contributed by atoms with Gasteiger partial charge in [-0.25, -0.2) is 4.98 Å². The number of nitrogens with one attached hydrogen (secondary N) is 2. The smallest absolute Gasteiger partial charge is 0.372 e. The summed E-state index contributed by atoms with van der Waals surface area (Å²) in [6.45, 7) is 8.07.